The highest BCUT2D eigenvalue weighted by Crippen LogP contribution is 2.25. The number of aromatic nitrogens is 2. The van der Waals surface area contributed by atoms with Crippen molar-refractivity contribution in [2.75, 3.05) is 0 Å². The molecule has 4 nitrogen and oxygen atoms in total. The molecule has 0 spiro atoms. The van der Waals surface area contributed by atoms with Gasteiger partial charge in [0.2, 0.25) is 0 Å². The van der Waals surface area contributed by atoms with Gasteiger partial charge in [-0.2, -0.15) is 0 Å². The topological polar surface area (TPSA) is 48.0 Å². The van der Waals surface area contributed by atoms with Crippen LogP contribution in [0.2, 0.25) is 5.02 Å². The van der Waals surface area contributed by atoms with Crippen LogP contribution in [0.3, 0.4) is 0 Å². The van der Waals surface area contributed by atoms with Gasteiger partial charge in [-0.1, -0.05) is 29.8 Å². The molecule has 0 aliphatic heterocycles. The van der Waals surface area contributed by atoms with E-state index in [1.807, 2.05) is 41.0 Å². The molecule has 2 aromatic heterocycles. The van der Waals surface area contributed by atoms with Gasteiger partial charge in [-0.05, 0) is 30.3 Å². The van der Waals surface area contributed by atoms with E-state index in [4.69, 9.17) is 16.0 Å². The van der Waals surface area contributed by atoms with Crippen molar-refractivity contribution >= 4 is 33.6 Å². The fourth-order valence-electron chi connectivity index (χ4n) is 2.48. The van der Waals surface area contributed by atoms with Crippen molar-refractivity contribution in [3.05, 3.63) is 70.3 Å². The van der Waals surface area contributed by atoms with Crippen LogP contribution in [0.1, 0.15) is 0 Å². The molecule has 0 aliphatic rings. The lowest BCUT2D eigenvalue weighted by Crippen LogP contribution is -2.01. The second kappa shape index (κ2) is 4.46. The molecule has 0 aliphatic carbocycles. The molecule has 0 saturated carbocycles. The first-order chi connectivity index (χ1) is 10.2. The van der Waals surface area contributed by atoms with Gasteiger partial charge in [-0.3, -0.25) is 4.57 Å². The lowest BCUT2D eigenvalue weighted by atomic mass is 10.2. The smallest absolute Gasteiger partial charge is 0.364 e. The van der Waals surface area contributed by atoms with Crippen molar-refractivity contribution < 1.29 is 4.42 Å². The third-order valence-electron chi connectivity index (χ3n) is 3.39. The summed E-state index contributed by atoms with van der Waals surface area (Å²) in [5.41, 5.74) is 1.99. The molecule has 0 bridgehead atoms. The van der Waals surface area contributed by atoms with Crippen LogP contribution in [0, 0.1) is 0 Å². The normalized spacial score (nSPS) is 11.3. The molecule has 102 valence electrons. The van der Waals surface area contributed by atoms with E-state index in [9.17, 15) is 4.79 Å². The molecule has 0 unspecified atom stereocenters. The summed E-state index contributed by atoms with van der Waals surface area (Å²) in [5, 5.41) is 1.46. The van der Waals surface area contributed by atoms with Gasteiger partial charge in [0.05, 0.1) is 5.52 Å². The average Bonchev–Trinajstić information content (AvgIpc) is 2.93. The first kappa shape index (κ1) is 12.2. The molecule has 0 saturated heterocycles. The highest BCUT2D eigenvalue weighted by atomic mass is 35.5. The molecule has 0 N–H and O–H groups in total. The number of hydrogen-bond acceptors (Lipinski definition) is 3. The summed E-state index contributed by atoms with van der Waals surface area (Å²) in [6, 6.07) is 14.8. The van der Waals surface area contributed by atoms with Gasteiger partial charge in [0.25, 0.3) is 0 Å². The van der Waals surface area contributed by atoms with Crippen LogP contribution < -0.4 is 5.63 Å². The summed E-state index contributed by atoms with van der Waals surface area (Å²) in [4.78, 5) is 16.2. The first-order valence-corrected chi connectivity index (χ1v) is 6.77. The maximum absolute atomic E-state index is 12.0. The van der Waals surface area contributed by atoms with E-state index in [0.29, 0.717) is 16.1 Å². The van der Waals surface area contributed by atoms with E-state index in [1.54, 1.807) is 18.5 Å². The quantitative estimate of drug-likeness (QED) is 0.502. The van der Waals surface area contributed by atoms with Crippen LogP contribution in [0.15, 0.2) is 64.1 Å². The minimum atomic E-state index is -0.440. The molecule has 0 radical (unpaired) electrons. The predicted molar refractivity (Wildman–Crippen MR) is 82.1 cm³/mol. The predicted octanol–water partition coefficient (Wildman–Crippen LogP) is 3.79. The van der Waals surface area contributed by atoms with Crippen molar-refractivity contribution in [1.82, 2.24) is 9.55 Å². The summed E-state index contributed by atoms with van der Waals surface area (Å²) in [6.07, 6.45) is 1.61. The van der Waals surface area contributed by atoms with Gasteiger partial charge in [-0.25, -0.2) is 9.78 Å². The van der Waals surface area contributed by atoms with E-state index < -0.39 is 5.63 Å². The molecular weight excluding hydrogens is 288 g/mol. The van der Waals surface area contributed by atoms with Crippen LogP contribution in [0.5, 0.6) is 0 Å². The Balaban J connectivity index is 2.18. The van der Waals surface area contributed by atoms with Crippen LogP contribution >= 0.6 is 11.6 Å². The molecule has 5 heteroatoms. The second-order valence-corrected chi connectivity index (χ2v) is 5.11. The molecule has 0 fully saturated rings. The lowest BCUT2D eigenvalue weighted by molar-refractivity contribution is 0.568. The summed E-state index contributed by atoms with van der Waals surface area (Å²) in [6.45, 7) is 0. The van der Waals surface area contributed by atoms with E-state index >= 15 is 0 Å². The molecular formula is C16H9ClN2O2. The Labute approximate surface area is 124 Å². The zero-order valence-corrected chi connectivity index (χ0v) is 11.5. The first-order valence-electron chi connectivity index (χ1n) is 6.39. The number of para-hydroxylation sites is 1. The lowest BCUT2D eigenvalue weighted by Gasteiger charge is -2.06. The van der Waals surface area contributed by atoms with Crippen molar-refractivity contribution in [2.24, 2.45) is 0 Å². The molecule has 2 heterocycles. The number of halogens is 1. The monoisotopic (exact) mass is 296 g/mol. The fourth-order valence-corrected chi connectivity index (χ4v) is 2.66. The SMILES string of the molecule is O=c1oc2ccccc2c2c1ncn2-c1cccc(Cl)c1. The zero-order valence-electron chi connectivity index (χ0n) is 10.8. The van der Waals surface area contributed by atoms with Crippen LogP contribution in [0.4, 0.5) is 0 Å². The van der Waals surface area contributed by atoms with Gasteiger partial charge in [0, 0.05) is 16.1 Å². The zero-order chi connectivity index (χ0) is 14.4. The molecule has 0 atom stereocenters. The second-order valence-electron chi connectivity index (χ2n) is 4.68. The third-order valence-corrected chi connectivity index (χ3v) is 3.63. The minimum absolute atomic E-state index is 0.314. The Kier molecular flexibility index (Phi) is 2.59. The highest BCUT2D eigenvalue weighted by molar-refractivity contribution is 6.30. The van der Waals surface area contributed by atoms with E-state index in [2.05, 4.69) is 4.98 Å². The van der Waals surface area contributed by atoms with Crippen LogP contribution in [-0.2, 0) is 0 Å². The number of benzene rings is 2. The summed E-state index contributed by atoms with van der Waals surface area (Å²) in [5.74, 6) is 0. The summed E-state index contributed by atoms with van der Waals surface area (Å²) >= 11 is 6.05. The Morgan fingerprint density at radius 3 is 2.81 bits per heavy atom. The van der Waals surface area contributed by atoms with Crippen molar-refractivity contribution in [1.29, 1.82) is 0 Å². The van der Waals surface area contributed by atoms with Gasteiger partial charge < -0.3 is 4.42 Å². The van der Waals surface area contributed by atoms with Crippen molar-refractivity contribution in [2.45, 2.75) is 0 Å². The standard InChI is InChI=1S/C16H9ClN2O2/c17-10-4-3-5-11(8-10)19-9-18-14-15(19)12-6-1-2-7-13(12)21-16(14)20/h1-9H. The minimum Gasteiger partial charge on any atom is -0.421 e. The van der Waals surface area contributed by atoms with Crippen LogP contribution in [0.25, 0.3) is 27.7 Å². The summed E-state index contributed by atoms with van der Waals surface area (Å²) < 4.78 is 7.14. The van der Waals surface area contributed by atoms with E-state index in [-0.39, 0.29) is 0 Å². The fraction of sp³-hybridized carbons (Fsp3) is 0. The molecule has 0 amide bonds. The largest absolute Gasteiger partial charge is 0.421 e. The maximum Gasteiger partial charge on any atom is 0.364 e. The third kappa shape index (κ3) is 1.84. The van der Waals surface area contributed by atoms with E-state index in [0.717, 1.165) is 16.6 Å². The Morgan fingerprint density at radius 2 is 1.95 bits per heavy atom. The Bertz CT molecular complexity index is 1030. The van der Waals surface area contributed by atoms with Gasteiger partial charge in [0.1, 0.15) is 11.9 Å². The molecule has 4 aromatic rings. The number of imidazole rings is 1. The molecule has 21 heavy (non-hydrogen) atoms. The molecule has 4 rings (SSSR count). The van der Waals surface area contributed by atoms with Crippen molar-refractivity contribution in [3.8, 4) is 5.69 Å². The molecule has 2 aromatic carbocycles. The van der Waals surface area contributed by atoms with E-state index in [1.165, 1.54) is 0 Å². The maximum atomic E-state index is 12.0. The Morgan fingerprint density at radius 1 is 1.10 bits per heavy atom. The highest BCUT2D eigenvalue weighted by Gasteiger charge is 2.13. The van der Waals surface area contributed by atoms with Gasteiger partial charge in [0.15, 0.2) is 5.52 Å². The van der Waals surface area contributed by atoms with Crippen molar-refractivity contribution in [3.63, 3.8) is 0 Å². The average molecular weight is 297 g/mol. The number of hydrogen-bond donors (Lipinski definition) is 0. The number of nitrogens with zero attached hydrogens (tertiary/aromatic N) is 2. The number of rotatable bonds is 1. The summed E-state index contributed by atoms with van der Waals surface area (Å²) in [7, 11) is 0. The van der Waals surface area contributed by atoms with Crippen LogP contribution in [-0.4, -0.2) is 9.55 Å². The van der Waals surface area contributed by atoms with Gasteiger partial charge >= 0.3 is 5.63 Å². The number of fused-ring (bicyclic) bond motifs is 3. The van der Waals surface area contributed by atoms with Gasteiger partial charge in [-0.15, -0.1) is 0 Å². The Hall–Kier alpha value is -2.59.